The fraction of sp³-hybridized carbons (Fsp3) is 0.0833. The molecule has 1 N–H and O–H groups in total. The Morgan fingerprint density at radius 2 is 1.85 bits per heavy atom. The van der Waals surface area contributed by atoms with Gasteiger partial charge < -0.3 is 4.57 Å². The zero-order chi connectivity index (χ0) is 23.0. The summed E-state index contributed by atoms with van der Waals surface area (Å²) in [6.07, 6.45) is 9.40. The molecule has 0 aliphatic carbocycles. The van der Waals surface area contributed by atoms with E-state index >= 15 is 0 Å². The molecule has 33 heavy (non-hydrogen) atoms. The number of hydrogen-bond acceptors (Lipinski definition) is 4. The Hall–Kier alpha value is -4.11. The van der Waals surface area contributed by atoms with Crippen LogP contribution >= 0.6 is 0 Å². The van der Waals surface area contributed by atoms with E-state index in [1.165, 1.54) is 0 Å². The Morgan fingerprint density at radius 3 is 2.58 bits per heavy atom. The molecular weight excluding hydrogens is 436 g/mol. The molecule has 0 radical (unpaired) electrons. The van der Waals surface area contributed by atoms with E-state index in [0.29, 0.717) is 5.69 Å². The van der Waals surface area contributed by atoms with E-state index in [4.69, 9.17) is 0 Å². The molecule has 0 amide bonds. The summed E-state index contributed by atoms with van der Waals surface area (Å²) in [5.41, 5.74) is 5.82. The molecule has 0 spiro atoms. The molecule has 0 aliphatic heterocycles. The van der Waals surface area contributed by atoms with Gasteiger partial charge in [0.2, 0.25) is 0 Å². The molecular formula is C24H22N6O2S. The molecule has 5 aromatic rings. The number of aryl methyl sites for hydroxylation is 1. The number of anilines is 1. The van der Waals surface area contributed by atoms with Crippen molar-refractivity contribution in [2.24, 2.45) is 0 Å². The van der Waals surface area contributed by atoms with Crippen LogP contribution in [0.25, 0.3) is 33.5 Å². The number of imidazole rings is 1. The van der Waals surface area contributed by atoms with Crippen molar-refractivity contribution in [3.63, 3.8) is 0 Å². The van der Waals surface area contributed by atoms with Crippen LogP contribution in [-0.2, 0) is 16.6 Å². The molecule has 0 fully saturated rings. The number of fused-ring (bicyclic) bond motifs is 1. The lowest BCUT2D eigenvalue weighted by Gasteiger charge is -2.13. The molecule has 0 saturated heterocycles. The Bertz CT molecular complexity index is 1560. The number of aromatic nitrogens is 5. The van der Waals surface area contributed by atoms with Gasteiger partial charge in [0, 0.05) is 41.8 Å². The third-order valence-electron chi connectivity index (χ3n) is 5.40. The predicted octanol–water partition coefficient (Wildman–Crippen LogP) is 4.58. The van der Waals surface area contributed by atoms with E-state index in [2.05, 4.69) is 21.4 Å². The molecule has 0 aliphatic rings. The van der Waals surface area contributed by atoms with E-state index in [1.54, 1.807) is 18.5 Å². The van der Waals surface area contributed by atoms with Crippen LogP contribution < -0.4 is 4.72 Å². The first kappa shape index (κ1) is 20.8. The van der Waals surface area contributed by atoms with E-state index < -0.39 is 10.0 Å². The number of nitrogens with zero attached hydrogens (tertiary/aromatic N) is 5. The zero-order valence-corrected chi connectivity index (χ0v) is 18.8. The summed E-state index contributed by atoms with van der Waals surface area (Å²) in [4.78, 5) is 4.60. The number of benzene rings is 2. The van der Waals surface area contributed by atoms with Gasteiger partial charge in [-0.25, -0.2) is 13.4 Å². The molecule has 0 bridgehead atoms. The van der Waals surface area contributed by atoms with Gasteiger partial charge in [-0.1, -0.05) is 12.6 Å². The summed E-state index contributed by atoms with van der Waals surface area (Å²) >= 11 is 0. The molecule has 9 heteroatoms. The van der Waals surface area contributed by atoms with Crippen molar-refractivity contribution in [1.82, 2.24) is 23.9 Å². The Morgan fingerprint density at radius 1 is 1.06 bits per heavy atom. The topological polar surface area (TPSA) is 86.7 Å². The third-order valence-corrected chi connectivity index (χ3v) is 6.36. The standard InChI is InChI=1S/C24H22N6O2S/c1-3-29-16-19(15-26-29)18-7-8-24-23(11-18)25-17-30(24)22-13-20(27-33(31,32)4-2)12-21(14-22)28-9-5-6-10-28/h4-17,27H,2-3H2,1H3. The molecule has 3 aromatic heterocycles. The molecule has 0 unspecified atom stereocenters. The quantitative estimate of drug-likeness (QED) is 0.387. The predicted molar refractivity (Wildman–Crippen MR) is 130 cm³/mol. The monoisotopic (exact) mass is 458 g/mol. The lowest BCUT2D eigenvalue weighted by atomic mass is 10.1. The summed E-state index contributed by atoms with van der Waals surface area (Å²) in [5.74, 6) is 0. The number of sulfonamides is 1. The summed E-state index contributed by atoms with van der Waals surface area (Å²) in [6.45, 7) is 6.24. The van der Waals surface area contributed by atoms with Gasteiger partial charge in [0.05, 0.1) is 28.6 Å². The zero-order valence-electron chi connectivity index (χ0n) is 18.0. The van der Waals surface area contributed by atoms with Crippen molar-refractivity contribution >= 4 is 26.7 Å². The maximum Gasteiger partial charge on any atom is 0.254 e. The van der Waals surface area contributed by atoms with Crippen LogP contribution in [0.1, 0.15) is 6.92 Å². The highest BCUT2D eigenvalue weighted by Crippen LogP contribution is 2.28. The Kier molecular flexibility index (Phi) is 5.10. The number of rotatable bonds is 7. The number of hydrogen-bond donors (Lipinski definition) is 1. The van der Waals surface area contributed by atoms with E-state index in [9.17, 15) is 8.42 Å². The molecule has 8 nitrogen and oxygen atoms in total. The maximum absolute atomic E-state index is 12.1. The molecule has 3 heterocycles. The minimum atomic E-state index is -3.65. The smallest absolute Gasteiger partial charge is 0.254 e. The summed E-state index contributed by atoms with van der Waals surface area (Å²) in [6, 6.07) is 15.4. The van der Waals surface area contributed by atoms with Gasteiger partial charge >= 0.3 is 0 Å². The Balaban J connectivity index is 1.61. The fourth-order valence-electron chi connectivity index (χ4n) is 3.74. The first-order valence-corrected chi connectivity index (χ1v) is 11.9. The lowest BCUT2D eigenvalue weighted by Crippen LogP contribution is -2.09. The van der Waals surface area contributed by atoms with Gasteiger partial charge in [0.15, 0.2) is 0 Å². The molecule has 166 valence electrons. The fourth-order valence-corrected chi connectivity index (χ4v) is 4.27. The van der Waals surface area contributed by atoms with Crippen molar-refractivity contribution in [1.29, 1.82) is 0 Å². The summed E-state index contributed by atoms with van der Waals surface area (Å²) < 4.78 is 32.5. The maximum atomic E-state index is 12.1. The summed E-state index contributed by atoms with van der Waals surface area (Å²) in [5, 5.41) is 5.24. The van der Waals surface area contributed by atoms with Crippen LogP contribution in [0.15, 0.2) is 91.6 Å². The lowest BCUT2D eigenvalue weighted by molar-refractivity contribution is 0.609. The van der Waals surface area contributed by atoms with Crippen LogP contribution in [0.4, 0.5) is 5.69 Å². The molecule has 0 saturated carbocycles. The highest BCUT2D eigenvalue weighted by Gasteiger charge is 2.12. The van der Waals surface area contributed by atoms with E-state index in [0.717, 1.165) is 45.5 Å². The van der Waals surface area contributed by atoms with Gasteiger partial charge in [-0.05, 0) is 55.0 Å². The highest BCUT2D eigenvalue weighted by molar-refractivity contribution is 7.95. The van der Waals surface area contributed by atoms with Crippen LogP contribution in [0.2, 0.25) is 0 Å². The van der Waals surface area contributed by atoms with Crippen LogP contribution in [-0.4, -0.2) is 32.3 Å². The average Bonchev–Trinajstić information content (AvgIpc) is 3.58. The molecule has 0 atom stereocenters. The van der Waals surface area contributed by atoms with Crippen LogP contribution in [0.3, 0.4) is 0 Å². The van der Waals surface area contributed by atoms with Crippen LogP contribution in [0, 0.1) is 0 Å². The van der Waals surface area contributed by atoms with Crippen molar-refractivity contribution in [3.8, 4) is 22.5 Å². The van der Waals surface area contributed by atoms with Gasteiger partial charge in [0.1, 0.15) is 6.33 Å². The van der Waals surface area contributed by atoms with E-state index in [-0.39, 0.29) is 0 Å². The largest absolute Gasteiger partial charge is 0.324 e. The normalized spacial score (nSPS) is 11.7. The van der Waals surface area contributed by atoms with Crippen LogP contribution in [0.5, 0.6) is 0 Å². The first-order chi connectivity index (χ1) is 16.0. The molecule has 2 aromatic carbocycles. The molecule has 5 rings (SSSR count). The minimum absolute atomic E-state index is 0.432. The second-order valence-corrected chi connectivity index (χ2v) is 9.17. The highest BCUT2D eigenvalue weighted by atomic mass is 32.2. The van der Waals surface area contributed by atoms with Gasteiger partial charge in [-0.15, -0.1) is 0 Å². The van der Waals surface area contributed by atoms with Gasteiger partial charge in [-0.2, -0.15) is 5.10 Å². The summed E-state index contributed by atoms with van der Waals surface area (Å²) in [7, 11) is -3.65. The minimum Gasteiger partial charge on any atom is -0.324 e. The average molecular weight is 459 g/mol. The SMILES string of the molecule is C=CS(=O)(=O)Nc1cc(-n2cccc2)cc(-n2cnc3cc(-c4cnn(CC)c4)ccc32)c1. The first-order valence-electron chi connectivity index (χ1n) is 10.4. The number of nitrogens with one attached hydrogen (secondary N) is 1. The van der Waals surface area contributed by atoms with Crippen molar-refractivity contribution in [2.45, 2.75) is 13.5 Å². The van der Waals surface area contributed by atoms with Crippen molar-refractivity contribution < 1.29 is 8.42 Å². The van der Waals surface area contributed by atoms with Gasteiger partial charge in [-0.3, -0.25) is 14.0 Å². The van der Waals surface area contributed by atoms with E-state index in [1.807, 2.05) is 81.9 Å². The Labute approximate surface area is 191 Å². The van der Waals surface area contributed by atoms with Crippen molar-refractivity contribution in [2.75, 3.05) is 4.72 Å². The third kappa shape index (κ3) is 4.06. The second kappa shape index (κ2) is 8.10. The van der Waals surface area contributed by atoms with Gasteiger partial charge in [0.25, 0.3) is 10.0 Å². The second-order valence-electron chi connectivity index (χ2n) is 7.54. The van der Waals surface area contributed by atoms with Crippen molar-refractivity contribution in [3.05, 3.63) is 91.6 Å².